The van der Waals surface area contributed by atoms with Gasteiger partial charge in [0.15, 0.2) is 46.0 Å². The molecule has 6 aliphatic rings. The van der Waals surface area contributed by atoms with Crippen LogP contribution in [0.3, 0.4) is 0 Å². The van der Waals surface area contributed by atoms with Crippen LogP contribution in [0.1, 0.15) is 78.4 Å². The van der Waals surface area contributed by atoms with Crippen LogP contribution in [0.5, 0.6) is 57.5 Å². The third-order valence-electron chi connectivity index (χ3n) is 12.5. The highest BCUT2D eigenvalue weighted by Gasteiger charge is 2.49. The van der Waals surface area contributed by atoms with Gasteiger partial charge in [-0.1, -0.05) is 12.1 Å². The second-order valence-corrected chi connectivity index (χ2v) is 19.7. The number of nitrogens with zero attached hydrogens (tertiary/aromatic N) is 3. The summed E-state index contributed by atoms with van der Waals surface area (Å²) in [5.74, 6) is 2.95. The number of halogens is 2. The van der Waals surface area contributed by atoms with Gasteiger partial charge in [0.25, 0.3) is 9.05 Å². The van der Waals surface area contributed by atoms with Gasteiger partial charge in [0.1, 0.15) is 39.6 Å². The Hall–Kier alpha value is -5.64. The minimum absolute atomic E-state index is 0.0316. The van der Waals surface area contributed by atoms with E-state index in [1.54, 1.807) is 39.5 Å². The molecule has 0 aliphatic carbocycles. The van der Waals surface area contributed by atoms with Crippen molar-refractivity contribution in [3.8, 4) is 57.5 Å². The third-order valence-corrected chi connectivity index (χ3v) is 14.3. The van der Waals surface area contributed by atoms with Crippen LogP contribution < -0.4 is 47.4 Å². The summed E-state index contributed by atoms with van der Waals surface area (Å²) >= 11 is 5.69. The van der Waals surface area contributed by atoms with Crippen molar-refractivity contribution in [2.75, 3.05) is 90.5 Å². The van der Waals surface area contributed by atoms with Crippen molar-refractivity contribution < 1.29 is 87.3 Å². The molecule has 0 saturated carbocycles. The van der Waals surface area contributed by atoms with Crippen LogP contribution in [0.25, 0.3) is 0 Å². The van der Waals surface area contributed by atoms with Crippen molar-refractivity contribution in [2.24, 2.45) is 4.36 Å². The molecule has 390 valence electrons. The fourth-order valence-corrected chi connectivity index (χ4v) is 11.1. The smallest absolute Gasteiger partial charge is 0.343 e. The van der Waals surface area contributed by atoms with Gasteiger partial charge in [-0.2, -0.15) is 3.74 Å². The van der Waals surface area contributed by atoms with E-state index in [1.807, 2.05) is 31.1 Å². The molecule has 10 rings (SSSR count). The van der Waals surface area contributed by atoms with Crippen LogP contribution in [-0.2, 0) is 58.9 Å². The lowest BCUT2D eigenvalue weighted by molar-refractivity contribution is 0.00797. The van der Waals surface area contributed by atoms with Gasteiger partial charge in [-0.25, -0.2) is 26.6 Å². The van der Waals surface area contributed by atoms with Crippen LogP contribution in [-0.4, -0.2) is 129 Å². The van der Waals surface area contributed by atoms with E-state index in [9.17, 15) is 18.0 Å². The fraction of sp³-hybridized carbons (Fsp3) is 0.422. The first kappa shape index (κ1) is 54.1. The summed E-state index contributed by atoms with van der Waals surface area (Å²) in [7, 11) is 16.2. The highest BCUT2D eigenvalue weighted by molar-refractivity contribution is 8.13. The number of hydrogen-bond acceptors (Lipinski definition) is 23. The number of esters is 2. The predicted octanol–water partition coefficient (Wildman–Crippen LogP) is 5.99. The molecule has 22 nitrogen and oxygen atoms in total. The van der Waals surface area contributed by atoms with E-state index >= 15 is 0 Å². The quantitative estimate of drug-likeness (QED) is 0.101. The topological polar surface area (TPSA) is 247 Å². The molecular weight excluding hydrogens is 1050 g/mol. The van der Waals surface area contributed by atoms with Gasteiger partial charge >= 0.3 is 11.9 Å². The van der Waals surface area contributed by atoms with Gasteiger partial charge in [0.2, 0.25) is 25.1 Å². The largest absolute Gasteiger partial charge is 0.749 e. The first-order valence-corrected chi connectivity index (χ1v) is 25.4. The van der Waals surface area contributed by atoms with Crippen LogP contribution in [0.2, 0.25) is 0 Å². The molecule has 4 aromatic rings. The van der Waals surface area contributed by atoms with Gasteiger partial charge in [0, 0.05) is 65.5 Å². The van der Waals surface area contributed by atoms with Crippen molar-refractivity contribution in [2.45, 2.75) is 42.0 Å². The lowest BCUT2D eigenvalue weighted by atomic mass is 9.85. The number of cyclic esters (lactones) is 2. The van der Waals surface area contributed by atoms with Gasteiger partial charge in [0.05, 0.1) is 66.6 Å². The lowest BCUT2D eigenvalue weighted by Gasteiger charge is -2.39. The van der Waals surface area contributed by atoms with Crippen molar-refractivity contribution >= 4 is 67.3 Å². The minimum atomic E-state index is -4.20. The van der Waals surface area contributed by atoms with E-state index in [2.05, 4.69) is 37.3 Å². The lowest BCUT2D eigenvalue weighted by Crippen LogP contribution is -2.37. The number of ether oxygens (including phenoxy) is 12. The SMILES string of the molecule is CN=S.COc1ccc2c(c1OC)C(=O)O[C@@H]2[C@H]1c2c(c(S(=O)(=O)Cl)c3c(c2OC)OCO3)CCN1C.COc1ccc2c(c1OC)C(=O)O[C@@H]2[C@H]1c2c(cc3c(c2OC)OCO3)CCN1C.O=S([O-])OCl. The molecule has 0 amide bonds. The van der Waals surface area contributed by atoms with E-state index in [4.69, 9.17) is 76.3 Å². The Kier molecular flexibility index (Phi) is 17.0. The van der Waals surface area contributed by atoms with Crippen LogP contribution in [0.15, 0.2) is 39.6 Å². The number of fused-ring (bicyclic) bond motifs is 6. The molecule has 6 heterocycles. The highest BCUT2D eigenvalue weighted by Crippen LogP contribution is 2.59. The molecule has 72 heavy (non-hydrogen) atoms. The van der Waals surface area contributed by atoms with E-state index < -0.39 is 50.6 Å². The number of likely N-dealkylation sites (N-methyl/N-ethyl adjacent to an activating group) is 2. The summed E-state index contributed by atoms with van der Waals surface area (Å²) < 4.78 is 117. The predicted molar refractivity (Wildman–Crippen MR) is 256 cm³/mol. The molecule has 27 heteroatoms. The summed E-state index contributed by atoms with van der Waals surface area (Å²) in [5.41, 5.74) is 5.04. The van der Waals surface area contributed by atoms with Gasteiger partial charge in [-0.3, -0.25) is 9.80 Å². The zero-order chi connectivity index (χ0) is 52.3. The second-order valence-electron chi connectivity index (χ2n) is 16.0. The Morgan fingerprint density at radius 3 is 1.62 bits per heavy atom. The Morgan fingerprint density at radius 1 is 0.708 bits per heavy atom. The second kappa shape index (κ2) is 22.6. The number of carbonyl (C=O) groups excluding carboxylic acids is 2. The van der Waals surface area contributed by atoms with Crippen LogP contribution >= 0.6 is 22.5 Å². The number of benzene rings is 4. The summed E-state index contributed by atoms with van der Waals surface area (Å²) in [6.07, 6.45) is -0.123. The number of methoxy groups -OCH3 is 6. The maximum Gasteiger partial charge on any atom is 0.343 e. The van der Waals surface area contributed by atoms with Gasteiger partial charge < -0.3 is 61.4 Å². The maximum atomic E-state index is 13.0. The maximum absolute atomic E-state index is 13.0. The standard InChI is InChI=1S/C22H22ClNO9S.C22H23NO7.CH3NS.ClHO3S/c1-24-8-7-11-13(18(30-4)19-20(32-9-31-19)21(11)34(23,26)27)15(24)16-10-5-6-12(28-2)17(29-3)14(10)22(25)33-16;1-23-8-7-11-9-14-20(29-10-28-14)21(27-4)15(11)17(23)18-12-5-6-13(25-2)19(26-3)16(12)22(24)30-18;1-2-3;1-4-5(2)3/h5-6,15-16H,7-9H2,1-4H3;5-6,9,17-18H,7-8,10H2,1-4H3;1H3;(H,2,3)/p-1/t15-,16+;17-,18+;;/m11../s1. The highest BCUT2D eigenvalue weighted by atomic mass is 35.7. The molecule has 6 aliphatic heterocycles. The molecule has 0 spiro atoms. The Morgan fingerprint density at radius 2 is 1.15 bits per heavy atom. The molecule has 0 radical (unpaired) electrons. The Bertz CT molecular complexity index is 2910. The molecule has 4 aromatic carbocycles. The zero-order valence-electron chi connectivity index (χ0n) is 40.0. The van der Waals surface area contributed by atoms with Crippen molar-refractivity contribution in [1.29, 1.82) is 0 Å². The Labute approximate surface area is 431 Å². The van der Waals surface area contributed by atoms with E-state index in [-0.39, 0.29) is 47.3 Å². The molecule has 0 fully saturated rings. The summed E-state index contributed by atoms with van der Waals surface area (Å²) in [6, 6.07) is 8.26. The fourth-order valence-electron chi connectivity index (χ4n) is 9.76. The summed E-state index contributed by atoms with van der Waals surface area (Å²) in [6.45, 7) is 1.26. The molecule has 1 unspecified atom stereocenters. The summed E-state index contributed by atoms with van der Waals surface area (Å²) in [5, 5.41) is 0. The number of hydrogen-bond donors (Lipinski definition) is 0. The first-order chi connectivity index (χ1) is 34.5. The van der Waals surface area contributed by atoms with Crippen molar-refractivity contribution in [3.05, 3.63) is 74.8 Å². The first-order valence-electron chi connectivity index (χ1n) is 21.4. The van der Waals surface area contributed by atoms with Crippen molar-refractivity contribution in [1.82, 2.24) is 9.80 Å². The van der Waals surface area contributed by atoms with Gasteiger partial charge in [-0.15, -0.1) is 0 Å². The summed E-state index contributed by atoms with van der Waals surface area (Å²) in [4.78, 5) is 29.9. The molecule has 0 aromatic heterocycles. The average molecular weight is 1100 g/mol. The normalized spacial score (nSPS) is 20.2. The third kappa shape index (κ3) is 9.80. The van der Waals surface area contributed by atoms with E-state index in [0.29, 0.717) is 75.5 Å². The Balaban J connectivity index is 0.000000185. The molecular formula is C45H48Cl2N3O19S3-. The van der Waals surface area contributed by atoms with Crippen LogP contribution in [0, 0.1) is 0 Å². The number of rotatable bonds is 10. The average Bonchev–Trinajstić information content (AvgIpc) is 4.18. The van der Waals surface area contributed by atoms with E-state index in [1.165, 1.54) is 28.4 Å². The number of carbonyl (C=O) groups is 2. The van der Waals surface area contributed by atoms with Crippen molar-refractivity contribution in [3.63, 3.8) is 0 Å². The monoisotopic (exact) mass is 1100 g/mol. The van der Waals surface area contributed by atoms with Crippen LogP contribution in [0.4, 0.5) is 0 Å². The molecule has 0 N–H and O–H groups in total. The molecule has 0 bridgehead atoms. The minimum Gasteiger partial charge on any atom is -0.749 e. The van der Waals surface area contributed by atoms with E-state index in [0.717, 1.165) is 29.7 Å². The van der Waals surface area contributed by atoms with Gasteiger partial charge in [-0.05, 0) is 56.3 Å². The molecule has 5 atom stereocenters. The zero-order valence-corrected chi connectivity index (χ0v) is 44.0. The molecule has 0 saturated heterocycles.